The number of anilines is 2. The van der Waals surface area contributed by atoms with Crippen LogP contribution in [0.3, 0.4) is 0 Å². The van der Waals surface area contributed by atoms with Gasteiger partial charge in [-0.3, -0.25) is 0 Å². The molecule has 0 saturated carbocycles. The highest BCUT2D eigenvalue weighted by Crippen LogP contribution is 2.31. The molecule has 0 bridgehead atoms. The number of ether oxygens (including phenoxy) is 1. The Labute approximate surface area is 198 Å². The lowest BCUT2D eigenvalue weighted by molar-refractivity contribution is 0.413. The molecule has 0 unspecified atom stereocenters. The van der Waals surface area contributed by atoms with Crippen molar-refractivity contribution in [3.05, 3.63) is 77.0 Å². The Balaban J connectivity index is 1.45. The maximum atomic E-state index is 13.7. The van der Waals surface area contributed by atoms with Crippen LogP contribution < -0.4 is 14.5 Å². The van der Waals surface area contributed by atoms with Gasteiger partial charge in [-0.1, -0.05) is 31.2 Å². The minimum absolute atomic E-state index is 0.253. The number of methoxy groups -OCH3 is 1. The summed E-state index contributed by atoms with van der Waals surface area (Å²) in [5.74, 6) is 2.92. The number of hydrogen-bond donors (Lipinski definition) is 0. The van der Waals surface area contributed by atoms with Crippen molar-refractivity contribution >= 4 is 17.3 Å². The predicted octanol–water partition coefficient (Wildman–Crippen LogP) is 4.06. The van der Waals surface area contributed by atoms with E-state index >= 15 is 0 Å². The fourth-order valence-corrected chi connectivity index (χ4v) is 4.76. The molecule has 0 spiro atoms. The summed E-state index contributed by atoms with van der Waals surface area (Å²) in [7, 11) is 1.71. The largest absolute Gasteiger partial charge is 0.495 e. The quantitative estimate of drug-likeness (QED) is 0.433. The molecule has 0 aliphatic carbocycles. The molecule has 0 atom stereocenters. The van der Waals surface area contributed by atoms with Crippen molar-refractivity contribution in [3.8, 4) is 5.75 Å². The second-order valence-electron chi connectivity index (χ2n) is 8.55. The minimum Gasteiger partial charge on any atom is -0.495 e. The number of aryl methyl sites for hydroxylation is 1. The van der Waals surface area contributed by atoms with Crippen LogP contribution in [0.5, 0.6) is 5.75 Å². The van der Waals surface area contributed by atoms with E-state index < -0.39 is 0 Å². The van der Waals surface area contributed by atoms with Crippen LogP contribution in [0.2, 0.25) is 0 Å². The number of rotatable bonds is 6. The summed E-state index contributed by atoms with van der Waals surface area (Å²) in [5, 5.41) is 4.81. The fraction of sp³-hybridized carbons (Fsp3) is 0.346. The average molecular weight is 461 g/mol. The highest BCUT2D eigenvalue weighted by Gasteiger charge is 2.25. The van der Waals surface area contributed by atoms with Crippen molar-refractivity contribution in [1.29, 1.82) is 0 Å². The zero-order valence-corrected chi connectivity index (χ0v) is 19.8. The van der Waals surface area contributed by atoms with Crippen LogP contribution in [0.15, 0.2) is 48.5 Å². The van der Waals surface area contributed by atoms with Gasteiger partial charge in [-0.2, -0.15) is 9.50 Å². The summed E-state index contributed by atoms with van der Waals surface area (Å²) in [6, 6.07) is 14.7. The lowest BCUT2D eigenvalue weighted by Gasteiger charge is -2.38. The van der Waals surface area contributed by atoms with Gasteiger partial charge in [0.2, 0.25) is 0 Å². The summed E-state index contributed by atoms with van der Waals surface area (Å²) >= 11 is 0. The van der Waals surface area contributed by atoms with Crippen molar-refractivity contribution < 1.29 is 9.13 Å². The van der Waals surface area contributed by atoms with E-state index in [0.29, 0.717) is 18.0 Å². The van der Waals surface area contributed by atoms with E-state index in [2.05, 4.69) is 27.8 Å². The second-order valence-corrected chi connectivity index (χ2v) is 8.55. The molecule has 2 aromatic heterocycles. The number of piperazine rings is 1. The molecule has 1 aliphatic rings. The molecule has 176 valence electrons. The number of halogens is 1. The van der Waals surface area contributed by atoms with Crippen molar-refractivity contribution in [1.82, 2.24) is 19.6 Å². The first-order chi connectivity index (χ1) is 16.6. The molecule has 1 saturated heterocycles. The van der Waals surface area contributed by atoms with Gasteiger partial charge in [0.15, 0.2) is 5.82 Å². The average Bonchev–Trinajstić information content (AvgIpc) is 3.24. The summed E-state index contributed by atoms with van der Waals surface area (Å²) in [5.41, 5.74) is 4.12. The smallest absolute Gasteiger partial charge is 0.254 e. The maximum absolute atomic E-state index is 13.7. The van der Waals surface area contributed by atoms with Crippen LogP contribution in [0.1, 0.15) is 29.6 Å². The molecular weight excluding hydrogens is 431 g/mol. The van der Waals surface area contributed by atoms with Gasteiger partial charge in [0.1, 0.15) is 17.4 Å². The standard InChI is InChI=1S/C26H29FN6O/c1-4-21-18(2)28-26-29-24(17-19-8-7-9-20(27)16-19)30-33(26)25(21)32-14-12-31(13-15-32)22-10-5-6-11-23(22)34-3/h5-11,16H,4,12-15,17H2,1-3H3. The first-order valence-corrected chi connectivity index (χ1v) is 11.7. The summed E-state index contributed by atoms with van der Waals surface area (Å²) in [6.07, 6.45) is 1.32. The van der Waals surface area contributed by atoms with Crippen molar-refractivity contribution in [2.75, 3.05) is 43.1 Å². The highest BCUT2D eigenvalue weighted by molar-refractivity contribution is 5.61. The fourth-order valence-electron chi connectivity index (χ4n) is 4.76. The first kappa shape index (κ1) is 22.1. The molecule has 4 aromatic rings. The third-order valence-corrected chi connectivity index (χ3v) is 6.42. The van der Waals surface area contributed by atoms with Gasteiger partial charge in [0, 0.05) is 43.9 Å². The molecule has 0 amide bonds. The van der Waals surface area contributed by atoms with Crippen LogP contribution in [0.4, 0.5) is 15.9 Å². The van der Waals surface area contributed by atoms with Crippen LogP contribution in [0.25, 0.3) is 5.78 Å². The Bertz CT molecular complexity index is 1310. The zero-order valence-electron chi connectivity index (χ0n) is 19.8. The SMILES string of the molecule is CCc1c(C)nc2nc(Cc3cccc(F)c3)nn2c1N1CCN(c2ccccc2OC)CC1. The topological polar surface area (TPSA) is 58.8 Å². The number of para-hydroxylation sites is 2. The molecule has 34 heavy (non-hydrogen) atoms. The summed E-state index contributed by atoms with van der Waals surface area (Å²) in [6.45, 7) is 7.63. The summed E-state index contributed by atoms with van der Waals surface area (Å²) in [4.78, 5) is 14.2. The zero-order chi connectivity index (χ0) is 23.7. The van der Waals surface area contributed by atoms with Gasteiger partial charge >= 0.3 is 0 Å². The van der Waals surface area contributed by atoms with E-state index in [9.17, 15) is 4.39 Å². The first-order valence-electron chi connectivity index (χ1n) is 11.7. The van der Waals surface area contributed by atoms with Crippen molar-refractivity contribution in [2.24, 2.45) is 0 Å². The van der Waals surface area contributed by atoms with Gasteiger partial charge in [-0.25, -0.2) is 9.37 Å². The molecular formula is C26H29FN6O. The normalized spacial score (nSPS) is 14.1. The van der Waals surface area contributed by atoms with E-state index in [1.54, 1.807) is 13.2 Å². The van der Waals surface area contributed by atoms with Crippen molar-refractivity contribution in [2.45, 2.75) is 26.7 Å². The Morgan fingerprint density at radius 3 is 2.47 bits per heavy atom. The predicted molar refractivity (Wildman–Crippen MR) is 132 cm³/mol. The van der Waals surface area contributed by atoms with E-state index in [4.69, 9.17) is 14.8 Å². The Morgan fingerprint density at radius 1 is 0.971 bits per heavy atom. The maximum Gasteiger partial charge on any atom is 0.254 e. The minimum atomic E-state index is -0.253. The van der Waals surface area contributed by atoms with Gasteiger partial charge in [-0.15, -0.1) is 5.10 Å². The number of benzene rings is 2. The molecule has 1 fully saturated rings. The number of fused-ring (bicyclic) bond motifs is 1. The summed E-state index contributed by atoms with van der Waals surface area (Å²) < 4.78 is 21.1. The van der Waals surface area contributed by atoms with Crippen LogP contribution in [-0.4, -0.2) is 52.9 Å². The lowest BCUT2D eigenvalue weighted by atomic mass is 10.1. The Morgan fingerprint density at radius 2 is 1.74 bits per heavy atom. The molecule has 1 aliphatic heterocycles. The molecule has 3 heterocycles. The Hall–Kier alpha value is -3.68. The van der Waals surface area contributed by atoms with Crippen LogP contribution >= 0.6 is 0 Å². The van der Waals surface area contributed by atoms with Gasteiger partial charge in [0.05, 0.1) is 12.8 Å². The molecule has 8 heteroatoms. The van der Waals surface area contributed by atoms with E-state index in [1.807, 2.05) is 35.7 Å². The van der Waals surface area contributed by atoms with Gasteiger partial charge < -0.3 is 14.5 Å². The van der Waals surface area contributed by atoms with Crippen LogP contribution in [-0.2, 0) is 12.8 Å². The van der Waals surface area contributed by atoms with E-state index in [0.717, 1.165) is 61.1 Å². The second kappa shape index (κ2) is 9.29. The van der Waals surface area contributed by atoms with Crippen molar-refractivity contribution in [3.63, 3.8) is 0 Å². The number of aromatic nitrogens is 4. The van der Waals surface area contributed by atoms with Gasteiger partial charge in [-0.05, 0) is 43.2 Å². The highest BCUT2D eigenvalue weighted by atomic mass is 19.1. The number of nitrogens with zero attached hydrogens (tertiary/aromatic N) is 6. The molecule has 0 N–H and O–H groups in total. The van der Waals surface area contributed by atoms with Gasteiger partial charge in [0.25, 0.3) is 5.78 Å². The van der Waals surface area contributed by atoms with E-state index in [1.165, 1.54) is 17.7 Å². The number of hydrogen-bond acceptors (Lipinski definition) is 6. The molecule has 5 rings (SSSR count). The molecule has 0 radical (unpaired) electrons. The lowest BCUT2D eigenvalue weighted by Crippen LogP contribution is -2.47. The van der Waals surface area contributed by atoms with E-state index in [-0.39, 0.29) is 5.82 Å². The van der Waals surface area contributed by atoms with Crippen LogP contribution in [0, 0.1) is 12.7 Å². The Kier molecular flexibility index (Phi) is 6.04. The third-order valence-electron chi connectivity index (χ3n) is 6.42. The molecule has 7 nitrogen and oxygen atoms in total. The third kappa shape index (κ3) is 4.16. The monoisotopic (exact) mass is 460 g/mol. The molecule has 2 aromatic carbocycles.